The molecule has 2 saturated heterocycles. The van der Waals surface area contributed by atoms with Crippen LogP contribution < -0.4 is 10.2 Å². The minimum Gasteiger partial charge on any atom is -0.369 e. The highest BCUT2D eigenvalue weighted by molar-refractivity contribution is 5.55. The van der Waals surface area contributed by atoms with Gasteiger partial charge in [-0.05, 0) is 56.5 Å². The van der Waals surface area contributed by atoms with Crippen molar-refractivity contribution in [3.63, 3.8) is 0 Å². The number of piperidine rings is 1. The Morgan fingerprint density at radius 2 is 1.86 bits per heavy atom. The lowest BCUT2D eigenvalue weighted by Crippen LogP contribution is -2.44. The lowest BCUT2D eigenvalue weighted by atomic mass is 9.91. The molecule has 3 nitrogen and oxygen atoms in total. The third-order valence-electron chi connectivity index (χ3n) is 5.13. The summed E-state index contributed by atoms with van der Waals surface area (Å²) in [4.78, 5) is 4.95. The molecule has 0 aliphatic carbocycles. The molecule has 2 aliphatic rings. The van der Waals surface area contributed by atoms with Gasteiger partial charge in [0.25, 0.3) is 0 Å². The van der Waals surface area contributed by atoms with Crippen molar-refractivity contribution >= 4 is 5.69 Å². The second-order valence-corrected chi connectivity index (χ2v) is 6.98. The maximum absolute atomic E-state index is 3.70. The molecule has 0 unspecified atom stereocenters. The van der Waals surface area contributed by atoms with E-state index in [1.54, 1.807) is 0 Å². The summed E-state index contributed by atoms with van der Waals surface area (Å²) in [7, 11) is 2.21. The van der Waals surface area contributed by atoms with Crippen molar-refractivity contribution in [3.8, 4) is 0 Å². The highest BCUT2D eigenvalue weighted by atomic mass is 15.2. The molecule has 1 aromatic rings. The Morgan fingerprint density at radius 3 is 2.48 bits per heavy atom. The Morgan fingerprint density at radius 1 is 1.10 bits per heavy atom. The van der Waals surface area contributed by atoms with E-state index in [1.165, 1.54) is 42.7 Å². The first-order chi connectivity index (χ1) is 10.1. The summed E-state index contributed by atoms with van der Waals surface area (Å²) in [6.07, 6.45) is 2.62. The van der Waals surface area contributed by atoms with Gasteiger partial charge in [-0.1, -0.05) is 19.1 Å². The van der Waals surface area contributed by atoms with Crippen LogP contribution in [-0.4, -0.2) is 44.7 Å². The van der Waals surface area contributed by atoms with Gasteiger partial charge in [-0.15, -0.1) is 0 Å². The van der Waals surface area contributed by atoms with Crippen LogP contribution in [0.5, 0.6) is 0 Å². The van der Waals surface area contributed by atoms with Gasteiger partial charge in [-0.25, -0.2) is 0 Å². The minimum atomic E-state index is 0.557. The summed E-state index contributed by atoms with van der Waals surface area (Å²) in [5.41, 5.74) is 4.32. The largest absolute Gasteiger partial charge is 0.369 e. The number of aryl methyl sites for hydroxylation is 1. The number of piperazine rings is 1. The van der Waals surface area contributed by atoms with E-state index in [0.29, 0.717) is 6.04 Å². The van der Waals surface area contributed by atoms with E-state index in [4.69, 9.17) is 0 Å². The number of likely N-dealkylation sites (N-methyl/N-ethyl adjacent to an activating group) is 1. The fourth-order valence-corrected chi connectivity index (χ4v) is 3.58. The normalized spacial score (nSPS) is 27.9. The maximum atomic E-state index is 3.70. The standard InChI is InChI=1S/C18H29N3/c1-14-4-6-17(19-13-14)16-5-7-18(15(2)12-16)21-10-8-20(3)9-11-21/h5,7,12,14,17,19H,4,6,8-11,13H2,1-3H3/t14-,17+/m0/s1. The van der Waals surface area contributed by atoms with Crippen molar-refractivity contribution in [2.24, 2.45) is 5.92 Å². The van der Waals surface area contributed by atoms with Crippen molar-refractivity contribution < 1.29 is 0 Å². The van der Waals surface area contributed by atoms with Crippen LogP contribution in [0, 0.1) is 12.8 Å². The number of hydrogen-bond acceptors (Lipinski definition) is 3. The Bertz CT molecular complexity index is 469. The molecule has 2 aliphatic heterocycles. The Labute approximate surface area is 129 Å². The molecule has 21 heavy (non-hydrogen) atoms. The van der Waals surface area contributed by atoms with Crippen LogP contribution in [0.25, 0.3) is 0 Å². The van der Waals surface area contributed by atoms with Crippen molar-refractivity contribution in [1.29, 1.82) is 0 Å². The fourth-order valence-electron chi connectivity index (χ4n) is 3.58. The molecule has 0 bridgehead atoms. The topological polar surface area (TPSA) is 18.5 Å². The van der Waals surface area contributed by atoms with Crippen LogP contribution in [0.3, 0.4) is 0 Å². The molecule has 0 spiro atoms. The lowest BCUT2D eigenvalue weighted by Gasteiger charge is -2.35. The van der Waals surface area contributed by atoms with Gasteiger partial charge in [0, 0.05) is 37.9 Å². The first-order valence-electron chi connectivity index (χ1n) is 8.41. The highest BCUT2D eigenvalue weighted by Gasteiger charge is 2.21. The summed E-state index contributed by atoms with van der Waals surface area (Å²) in [5.74, 6) is 0.826. The maximum Gasteiger partial charge on any atom is 0.0397 e. The van der Waals surface area contributed by atoms with Crippen LogP contribution in [-0.2, 0) is 0 Å². The zero-order valence-corrected chi connectivity index (χ0v) is 13.7. The zero-order valence-electron chi connectivity index (χ0n) is 13.7. The van der Waals surface area contributed by atoms with Gasteiger partial charge < -0.3 is 15.1 Å². The Balaban J connectivity index is 1.71. The van der Waals surface area contributed by atoms with Crippen molar-refractivity contribution in [2.75, 3.05) is 44.7 Å². The molecule has 3 rings (SSSR count). The van der Waals surface area contributed by atoms with Gasteiger partial charge in [0.2, 0.25) is 0 Å². The van der Waals surface area contributed by atoms with E-state index < -0.39 is 0 Å². The second-order valence-electron chi connectivity index (χ2n) is 6.98. The van der Waals surface area contributed by atoms with E-state index in [0.717, 1.165) is 25.6 Å². The number of nitrogens with one attached hydrogen (secondary N) is 1. The minimum absolute atomic E-state index is 0.557. The molecule has 1 aromatic carbocycles. The number of rotatable bonds is 2. The summed E-state index contributed by atoms with van der Waals surface area (Å²) in [6, 6.07) is 7.65. The Kier molecular flexibility index (Phi) is 4.51. The van der Waals surface area contributed by atoms with E-state index in [1.807, 2.05) is 0 Å². The van der Waals surface area contributed by atoms with Gasteiger partial charge >= 0.3 is 0 Å². The predicted octanol–water partition coefficient (Wildman–Crippen LogP) is 2.81. The highest BCUT2D eigenvalue weighted by Crippen LogP contribution is 2.29. The van der Waals surface area contributed by atoms with Crippen molar-refractivity contribution in [3.05, 3.63) is 29.3 Å². The first-order valence-corrected chi connectivity index (χ1v) is 8.41. The van der Waals surface area contributed by atoms with E-state index in [9.17, 15) is 0 Å². The molecule has 2 atom stereocenters. The number of anilines is 1. The van der Waals surface area contributed by atoms with Gasteiger partial charge in [-0.3, -0.25) is 0 Å². The van der Waals surface area contributed by atoms with Crippen LogP contribution in [0.4, 0.5) is 5.69 Å². The molecular weight excluding hydrogens is 258 g/mol. The van der Waals surface area contributed by atoms with Crippen LogP contribution in [0.1, 0.15) is 36.9 Å². The molecule has 1 N–H and O–H groups in total. The van der Waals surface area contributed by atoms with Crippen LogP contribution in [0.2, 0.25) is 0 Å². The zero-order chi connectivity index (χ0) is 14.8. The summed E-state index contributed by atoms with van der Waals surface area (Å²) < 4.78 is 0. The SMILES string of the molecule is Cc1cc([C@H]2CC[C@H](C)CN2)ccc1N1CCN(C)CC1. The smallest absolute Gasteiger partial charge is 0.0397 e. The van der Waals surface area contributed by atoms with Gasteiger partial charge in [0.15, 0.2) is 0 Å². The monoisotopic (exact) mass is 287 g/mol. The van der Waals surface area contributed by atoms with Gasteiger partial charge in [-0.2, -0.15) is 0 Å². The summed E-state index contributed by atoms with van der Waals surface area (Å²) in [6.45, 7) is 10.4. The molecule has 2 heterocycles. The second kappa shape index (κ2) is 6.37. The van der Waals surface area contributed by atoms with Crippen molar-refractivity contribution in [1.82, 2.24) is 10.2 Å². The Hall–Kier alpha value is -1.06. The number of benzene rings is 1. The quantitative estimate of drug-likeness (QED) is 0.902. The van der Waals surface area contributed by atoms with E-state index in [2.05, 4.69) is 54.2 Å². The summed E-state index contributed by atoms with van der Waals surface area (Å²) >= 11 is 0. The molecule has 0 radical (unpaired) electrons. The molecule has 0 aromatic heterocycles. The number of hydrogen-bond donors (Lipinski definition) is 1. The van der Waals surface area contributed by atoms with Gasteiger partial charge in [0.1, 0.15) is 0 Å². The number of nitrogens with zero attached hydrogens (tertiary/aromatic N) is 2. The average Bonchev–Trinajstić information content (AvgIpc) is 2.49. The molecule has 0 saturated carbocycles. The van der Waals surface area contributed by atoms with Crippen LogP contribution >= 0.6 is 0 Å². The predicted molar refractivity (Wildman–Crippen MR) is 90.0 cm³/mol. The summed E-state index contributed by atoms with van der Waals surface area (Å²) in [5, 5.41) is 3.70. The third-order valence-corrected chi connectivity index (χ3v) is 5.13. The molecular formula is C18H29N3. The first kappa shape index (κ1) is 14.9. The fraction of sp³-hybridized carbons (Fsp3) is 0.667. The van der Waals surface area contributed by atoms with E-state index in [-0.39, 0.29) is 0 Å². The van der Waals surface area contributed by atoms with Crippen molar-refractivity contribution in [2.45, 2.75) is 32.7 Å². The van der Waals surface area contributed by atoms with E-state index >= 15 is 0 Å². The molecule has 2 fully saturated rings. The van der Waals surface area contributed by atoms with Gasteiger partial charge in [0.05, 0.1) is 0 Å². The molecule has 116 valence electrons. The lowest BCUT2D eigenvalue weighted by molar-refractivity contribution is 0.312. The average molecular weight is 287 g/mol. The van der Waals surface area contributed by atoms with Crippen LogP contribution in [0.15, 0.2) is 18.2 Å². The molecule has 3 heteroatoms. The third kappa shape index (κ3) is 3.41. The molecule has 0 amide bonds.